The highest BCUT2D eigenvalue weighted by Crippen LogP contribution is 2.30. The van der Waals surface area contributed by atoms with Crippen LogP contribution in [-0.2, 0) is 9.59 Å². The largest absolute Gasteiger partial charge is 0.478 e. The average molecular weight is 581 g/mol. The number of benzene rings is 1. The van der Waals surface area contributed by atoms with Crippen LogP contribution >= 0.6 is 11.9 Å². The molecule has 0 radical (unpaired) electrons. The Morgan fingerprint density at radius 3 is 2.61 bits per heavy atom. The molecule has 1 fully saturated rings. The molecule has 218 valence electrons. The molecule has 1 aliphatic heterocycles. The van der Waals surface area contributed by atoms with Gasteiger partial charge in [0.1, 0.15) is 17.1 Å². The Morgan fingerprint density at radius 2 is 1.88 bits per heavy atom. The minimum atomic E-state index is -0.616. The van der Waals surface area contributed by atoms with E-state index in [1.807, 2.05) is 24.3 Å². The number of rotatable bonds is 15. The fourth-order valence-electron chi connectivity index (χ4n) is 4.35. The normalized spacial score (nSPS) is 12.7. The molecule has 0 unspecified atom stereocenters. The number of H-pyrrole nitrogens is 1. The maximum absolute atomic E-state index is 12.3. The van der Waals surface area contributed by atoms with Crippen molar-refractivity contribution >= 4 is 46.9 Å². The fourth-order valence-corrected chi connectivity index (χ4v) is 4.80. The third kappa shape index (κ3) is 8.61. The van der Waals surface area contributed by atoms with E-state index < -0.39 is 5.91 Å². The second-order valence-corrected chi connectivity index (χ2v) is 10.5. The number of anilines is 3. The highest BCUT2D eigenvalue weighted by atomic mass is 32.2. The summed E-state index contributed by atoms with van der Waals surface area (Å²) in [5, 5.41) is 13.0. The molecule has 3 heterocycles. The number of unbranched alkanes of at least 4 members (excludes halogenated alkanes) is 1. The number of hydrogen-bond acceptors (Lipinski definition) is 9. The van der Waals surface area contributed by atoms with Gasteiger partial charge in [-0.2, -0.15) is 5.10 Å². The van der Waals surface area contributed by atoms with E-state index >= 15 is 0 Å². The Kier molecular flexibility index (Phi) is 10.8. The maximum atomic E-state index is 12.3. The number of ether oxygens (including phenoxy) is 1. The van der Waals surface area contributed by atoms with E-state index in [1.54, 1.807) is 35.2 Å². The molecular formula is C28H36N8O4S. The first-order valence-corrected chi connectivity index (χ1v) is 14.7. The van der Waals surface area contributed by atoms with Crippen molar-refractivity contribution in [2.45, 2.75) is 39.0 Å². The summed E-state index contributed by atoms with van der Waals surface area (Å²) in [4.78, 5) is 42.4. The quantitative estimate of drug-likeness (QED) is 0.133. The zero-order valence-electron chi connectivity index (χ0n) is 23.1. The summed E-state index contributed by atoms with van der Waals surface area (Å²) in [6, 6.07) is 11.0. The van der Waals surface area contributed by atoms with Crippen LogP contribution in [0.3, 0.4) is 0 Å². The van der Waals surface area contributed by atoms with Crippen molar-refractivity contribution in [3.63, 3.8) is 0 Å². The van der Waals surface area contributed by atoms with Crippen LogP contribution in [0.5, 0.6) is 5.88 Å². The monoisotopic (exact) mass is 580 g/mol. The summed E-state index contributed by atoms with van der Waals surface area (Å²) in [5.74, 6) is 0.906. The molecule has 3 aromatic rings. The Labute approximate surface area is 243 Å². The average Bonchev–Trinajstić information content (AvgIpc) is 3.66. The first-order valence-electron chi connectivity index (χ1n) is 13.7. The number of nitrogens with zero attached hydrogens (tertiary/aromatic N) is 3. The molecule has 0 spiro atoms. The minimum absolute atomic E-state index is 0.0266. The summed E-state index contributed by atoms with van der Waals surface area (Å²) in [6.07, 6.45) is 5.23. The van der Waals surface area contributed by atoms with Gasteiger partial charge in [-0.25, -0.2) is 4.98 Å². The Bertz CT molecular complexity index is 1320. The number of carbonyl (C=O) groups excluding carboxylic acids is 3. The number of carbonyl (C=O) groups is 3. The lowest BCUT2D eigenvalue weighted by Gasteiger charge is -2.15. The highest BCUT2D eigenvalue weighted by Gasteiger charge is 2.20. The van der Waals surface area contributed by atoms with E-state index in [2.05, 4.69) is 37.5 Å². The molecule has 0 bridgehead atoms. The molecule has 1 aliphatic rings. The van der Waals surface area contributed by atoms with E-state index in [1.165, 1.54) is 0 Å². The van der Waals surface area contributed by atoms with Crippen LogP contribution in [-0.4, -0.2) is 69.8 Å². The molecular weight excluding hydrogens is 544 g/mol. The summed E-state index contributed by atoms with van der Waals surface area (Å²) in [5.41, 5.74) is 8.74. The van der Waals surface area contributed by atoms with Crippen LogP contribution < -0.4 is 25.8 Å². The van der Waals surface area contributed by atoms with Crippen LogP contribution in [0.15, 0.2) is 42.6 Å². The van der Waals surface area contributed by atoms with Gasteiger partial charge in [-0.3, -0.25) is 19.5 Å². The number of aromatic nitrogens is 3. The molecule has 1 aromatic carbocycles. The number of nitrogens with one attached hydrogen (secondary N) is 4. The van der Waals surface area contributed by atoms with Gasteiger partial charge in [0.15, 0.2) is 0 Å². The van der Waals surface area contributed by atoms with Crippen LogP contribution in [0.25, 0.3) is 11.3 Å². The van der Waals surface area contributed by atoms with E-state index in [-0.39, 0.29) is 23.9 Å². The van der Waals surface area contributed by atoms with Gasteiger partial charge in [-0.05, 0) is 43.9 Å². The number of primary amides is 1. The van der Waals surface area contributed by atoms with Crippen LogP contribution in [0, 0.1) is 0 Å². The molecule has 4 rings (SSSR count). The lowest BCUT2D eigenvalue weighted by molar-refractivity contribution is -0.132. The lowest BCUT2D eigenvalue weighted by atomic mass is 10.1. The first kappa shape index (κ1) is 29.7. The standard InChI is InChI=1S/C28H36N8O4S/c1-2-41-35-20-10-8-19(9-11-20)26-25(27(29)39)28(34-33-26)32-21-12-13-30-23(17-21)40-16-6-3-7-22(37)31-18-24(38)36-14-4-5-15-36/h8-13,17,35H,2-7,14-16,18H2,1H3,(H2,29,39)(H,31,37)(H2,30,32,33,34). The van der Waals surface area contributed by atoms with Gasteiger partial charge in [0.05, 0.1) is 13.2 Å². The van der Waals surface area contributed by atoms with Crippen molar-refractivity contribution < 1.29 is 19.1 Å². The van der Waals surface area contributed by atoms with Gasteiger partial charge < -0.3 is 30.7 Å². The molecule has 0 saturated carbocycles. The third-order valence-electron chi connectivity index (χ3n) is 6.45. The van der Waals surface area contributed by atoms with Crippen LogP contribution in [0.4, 0.5) is 17.2 Å². The summed E-state index contributed by atoms with van der Waals surface area (Å²) >= 11 is 1.59. The highest BCUT2D eigenvalue weighted by molar-refractivity contribution is 8.00. The molecule has 2 aromatic heterocycles. The minimum Gasteiger partial charge on any atom is -0.478 e. The molecule has 3 amide bonds. The maximum Gasteiger partial charge on any atom is 0.254 e. The molecule has 41 heavy (non-hydrogen) atoms. The van der Waals surface area contributed by atoms with Gasteiger partial charge >= 0.3 is 0 Å². The van der Waals surface area contributed by atoms with Crippen molar-refractivity contribution in [2.24, 2.45) is 5.73 Å². The molecule has 12 nitrogen and oxygen atoms in total. The van der Waals surface area contributed by atoms with Gasteiger partial charge in [-0.1, -0.05) is 31.0 Å². The summed E-state index contributed by atoms with van der Waals surface area (Å²) < 4.78 is 8.99. The SMILES string of the molecule is CCSNc1ccc(-c2n[nH]c(Nc3ccnc(OCCCCC(=O)NCC(=O)N4CCCC4)c3)c2C(N)=O)cc1. The Hall–Kier alpha value is -4.26. The van der Waals surface area contributed by atoms with Crippen molar-refractivity contribution in [2.75, 3.05) is 42.0 Å². The smallest absolute Gasteiger partial charge is 0.254 e. The molecule has 13 heteroatoms. The summed E-state index contributed by atoms with van der Waals surface area (Å²) in [6.45, 7) is 4.04. The number of amides is 3. The number of nitrogens with two attached hydrogens (primary N) is 1. The van der Waals surface area contributed by atoms with Crippen molar-refractivity contribution in [1.82, 2.24) is 25.4 Å². The predicted octanol–water partition coefficient (Wildman–Crippen LogP) is 3.68. The van der Waals surface area contributed by atoms with E-state index in [4.69, 9.17) is 10.5 Å². The summed E-state index contributed by atoms with van der Waals surface area (Å²) in [7, 11) is 0. The zero-order chi connectivity index (χ0) is 29.0. The second kappa shape index (κ2) is 14.9. The van der Waals surface area contributed by atoms with Crippen molar-refractivity contribution in [1.29, 1.82) is 0 Å². The number of likely N-dealkylation sites (tertiary alicyclic amines) is 1. The van der Waals surface area contributed by atoms with E-state index in [9.17, 15) is 14.4 Å². The first-order chi connectivity index (χ1) is 19.9. The van der Waals surface area contributed by atoms with Crippen molar-refractivity contribution in [3.8, 4) is 17.1 Å². The third-order valence-corrected chi connectivity index (χ3v) is 7.12. The van der Waals surface area contributed by atoms with Crippen LogP contribution in [0.1, 0.15) is 49.4 Å². The van der Waals surface area contributed by atoms with Crippen molar-refractivity contribution in [3.05, 3.63) is 48.2 Å². The second-order valence-electron chi connectivity index (χ2n) is 9.48. The van der Waals surface area contributed by atoms with Gasteiger partial charge in [0, 0.05) is 54.5 Å². The zero-order valence-corrected chi connectivity index (χ0v) is 23.9. The number of pyridine rings is 1. The van der Waals surface area contributed by atoms with Gasteiger partial charge in [0.2, 0.25) is 17.7 Å². The molecule has 6 N–H and O–H groups in total. The fraction of sp³-hybridized carbons (Fsp3) is 0.393. The van der Waals surface area contributed by atoms with E-state index in [0.717, 1.165) is 42.9 Å². The van der Waals surface area contributed by atoms with E-state index in [0.29, 0.717) is 48.9 Å². The molecule has 1 saturated heterocycles. The molecule has 0 aliphatic carbocycles. The molecule has 0 atom stereocenters. The van der Waals surface area contributed by atoms with Gasteiger partial charge in [-0.15, -0.1) is 0 Å². The predicted molar refractivity (Wildman–Crippen MR) is 160 cm³/mol. The van der Waals surface area contributed by atoms with Gasteiger partial charge in [0.25, 0.3) is 5.91 Å². The van der Waals surface area contributed by atoms with Crippen LogP contribution in [0.2, 0.25) is 0 Å². The number of aromatic amines is 1. The topological polar surface area (TPSA) is 167 Å². The lowest BCUT2D eigenvalue weighted by Crippen LogP contribution is -2.38. The Balaban J connectivity index is 1.25. The Morgan fingerprint density at radius 1 is 1.10 bits per heavy atom. The number of hydrogen-bond donors (Lipinski definition) is 5.